The predicted molar refractivity (Wildman–Crippen MR) is 118 cm³/mol. The van der Waals surface area contributed by atoms with E-state index in [0.717, 1.165) is 53.6 Å². The van der Waals surface area contributed by atoms with Gasteiger partial charge in [0.2, 0.25) is 5.91 Å². The lowest BCUT2D eigenvalue weighted by Gasteiger charge is -2.29. The highest BCUT2D eigenvalue weighted by atomic mass is 16.2. The molecule has 0 saturated heterocycles. The topological polar surface area (TPSA) is 55.2 Å². The number of fused-ring (bicyclic) bond motifs is 2. The minimum atomic E-state index is 0.0238. The highest BCUT2D eigenvalue weighted by molar-refractivity contribution is 5.96. The third kappa shape index (κ3) is 3.05. The molecule has 0 saturated carbocycles. The van der Waals surface area contributed by atoms with Crippen molar-refractivity contribution < 1.29 is 4.79 Å². The molecule has 0 radical (unpaired) electrons. The molecule has 152 valence electrons. The van der Waals surface area contributed by atoms with Crippen molar-refractivity contribution in [2.24, 2.45) is 0 Å². The normalized spacial score (nSPS) is 18.1. The third-order valence-corrected chi connectivity index (χ3v) is 6.53. The number of benzene rings is 1. The Morgan fingerprint density at radius 2 is 1.90 bits per heavy atom. The van der Waals surface area contributed by atoms with Gasteiger partial charge in [-0.3, -0.25) is 14.6 Å². The second-order valence-corrected chi connectivity index (χ2v) is 8.41. The van der Waals surface area contributed by atoms with Gasteiger partial charge < -0.3 is 9.47 Å². The molecule has 1 amide bonds. The van der Waals surface area contributed by atoms with Crippen molar-refractivity contribution in [1.29, 1.82) is 0 Å². The SMILES string of the molecule is Cc1ccn([C@@H]2CCCc3c(-c4ccc5c(c4)CCC(=O)N5C)cncc32)c(=O)c1. The fourth-order valence-corrected chi connectivity index (χ4v) is 4.91. The molecule has 0 spiro atoms. The number of anilines is 1. The number of nitrogens with zero attached hydrogens (tertiary/aromatic N) is 3. The van der Waals surface area contributed by atoms with Crippen LogP contribution in [0.5, 0.6) is 0 Å². The van der Waals surface area contributed by atoms with E-state index >= 15 is 0 Å². The minimum absolute atomic E-state index is 0.0238. The van der Waals surface area contributed by atoms with Crippen molar-refractivity contribution >= 4 is 11.6 Å². The molecular weight excluding hydrogens is 374 g/mol. The third-order valence-electron chi connectivity index (χ3n) is 6.53. The molecule has 2 aliphatic rings. The van der Waals surface area contributed by atoms with E-state index in [4.69, 9.17) is 0 Å². The van der Waals surface area contributed by atoms with Crippen LogP contribution in [0, 0.1) is 6.92 Å². The average molecular weight is 399 g/mol. The molecule has 1 aromatic carbocycles. The summed E-state index contributed by atoms with van der Waals surface area (Å²) in [4.78, 5) is 31.0. The molecule has 0 fully saturated rings. The maximum atomic E-state index is 12.6. The van der Waals surface area contributed by atoms with E-state index in [1.54, 1.807) is 11.0 Å². The predicted octanol–water partition coefficient (Wildman–Crippen LogP) is 4.05. The summed E-state index contributed by atoms with van der Waals surface area (Å²) in [5.41, 5.74) is 7.93. The quantitative estimate of drug-likeness (QED) is 0.653. The van der Waals surface area contributed by atoms with Gasteiger partial charge in [0, 0.05) is 49.4 Å². The van der Waals surface area contributed by atoms with Crippen LogP contribution in [-0.4, -0.2) is 22.5 Å². The number of carbonyl (C=O) groups excluding carboxylic acids is 1. The maximum Gasteiger partial charge on any atom is 0.251 e. The Labute approximate surface area is 176 Å². The molecule has 1 aliphatic carbocycles. The van der Waals surface area contributed by atoms with E-state index in [0.29, 0.717) is 6.42 Å². The van der Waals surface area contributed by atoms with Crippen LogP contribution in [0.1, 0.15) is 47.6 Å². The van der Waals surface area contributed by atoms with Crippen LogP contribution >= 0.6 is 0 Å². The Bertz CT molecular complexity index is 1210. The molecule has 1 aliphatic heterocycles. The summed E-state index contributed by atoms with van der Waals surface area (Å²) < 4.78 is 1.85. The second-order valence-electron chi connectivity index (χ2n) is 8.41. The number of aryl methyl sites for hydroxylation is 2. The van der Waals surface area contributed by atoms with E-state index in [9.17, 15) is 9.59 Å². The number of hydrogen-bond acceptors (Lipinski definition) is 3. The lowest BCUT2D eigenvalue weighted by molar-refractivity contribution is -0.118. The van der Waals surface area contributed by atoms with Crippen molar-refractivity contribution in [2.75, 3.05) is 11.9 Å². The monoisotopic (exact) mass is 399 g/mol. The van der Waals surface area contributed by atoms with Gasteiger partial charge in [0.1, 0.15) is 0 Å². The van der Waals surface area contributed by atoms with Crippen molar-refractivity contribution in [3.8, 4) is 11.1 Å². The first kappa shape index (κ1) is 18.8. The van der Waals surface area contributed by atoms with Crippen LogP contribution in [0.25, 0.3) is 11.1 Å². The van der Waals surface area contributed by atoms with Gasteiger partial charge in [-0.05, 0) is 78.6 Å². The van der Waals surface area contributed by atoms with Gasteiger partial charge in [0.15, 0.2) is 0 Å². The Kier molecular flexibility index (Phi) is 4.54. The molecule has 5 heteroatoms. The van der Waals surface area contributed by atoms with Gasteiger partial charge in [-0.2, -0.15) is 0 Å². The van der Waals surface area contributed by atoms with E-state index in [1.165, 1.54) is 11.1 Å². The van der Waals surface area contributed by atoms with Gasteiger partial charge in [-0.25, -0.2) is 0 Å². The molecular formula is C25H25N3O2. The molecule has 0 bridgehead atoms. The van der Waals surface area contributed by atoms with Crippen LogP contribution in [0.15, 0.2) is 53.7 Å². The summed E-state index contributed by atoms with van der Waals surface area (Å²) in [7, 11) is 1.84. The highest BCUT2D eigenvalue weighted by Crippen LogP contribution is 2.38. The van der Waals surface area contributed by atoms with Crippen molar-refractivity contribution in [3.63, 3.8) is 0 Å². The molecule has 0 unspecified atom stereocenters. The van der Waals surface area contributed by atoms with Gasteiger partial charge in [-0.15, -0.1) is 0 Å². The van der Waals surface area contributed by atoms with Crippen LogP contribution in [0.2, 0.25) is 0 Å². The fourth-order valence-electron chi connectivity index (χ4n) is 4.91. The molecule has 1 atom stereocenters. The Morgan fingerprint density at radius 3 is 2.73 bits per heavy atom. The van der Waals surface area contributed by atoms with Crippen LogP contribution in [0.4, 0.5) is 5.69 Å². The first-order chi connectivity index (χ1) is 14.5. The average Bonchev–Trinajstić information content (AvgIpc) is 2.75. The van der Waals surface area contributed by atoms with Crippen molar-refractivity contribution in [2.45, 2.75) is 45.1 Å². The Hall–Kier alpha value is -3.21. The first-order valence-electron chi connectivity index (χ1n) is 10.6. The number of carbonyl (C=O) groups is 1. The van der Waals surface area contributed by atoms with Gasteiger partial charge in [0.25, 0.3) is 5.56 Å². The zero-order chi connectivity index (χ0) is 20.8. The minimum Gasteiger partial charge on any atom is -0.315 e. The zero-order valence-corrected chi connectivity index (χ0v) is 17.4. The number of amides is 1. The van der Waals surface area contributed by atoms with E-state index in [2.05, 4.69) is 17.1 Å². The van der Waals surface area contributed by atoms with E-state index < -0.39 is 0 Å². The molecule has 3 aromatic rings. The molecule has 5 nitrogen and oxygen atoms in total. The van der Waals surface area contributed by atoms with Crippen molar-refractivity contribution in [1.82, 2.24) is 9.55 Å². The second kappa shape index (κ2) is 7.24. The van der Waals surface area contributed by atoms with Gasteiger partial charge >= 0.3 is 0 Å². The number of hydrogen-bond donors (Lipinski definition) is 0. The standard InChI is InChI=1S/C25H25N3O2/c1-16-10-11-28(25(30)12-16)23-5-3-4-19-20(14-26-15-21(19)23)17-6-8-22-18(13-17)7-9-24(29)27(22)2/h6,8,10-15,23H,3-5,7,9H2,1-2H3/t23-/m1/s1. The summed E-state index contributed by atoms with van der Waals surface area (Å²) >= 11 is 0. The Balaban J connectivity index is 1.60. The number of aromatic nitrogens is 2. The smallest absolute Gasteiger partial charge is 0.251 e. The van der Waals surface area contributed by atoms with Crippen LogP contribution < -0.4 is 10.5 Å². The maximum absolute atomic E-state index is 12.6. The molecule has 3 heterocycles. The highest BCUT2D eigenvalue weighted by Gasteiger charge is 2.26. The first-order valence-corrected chi connectivity index (χ1v) is 10.6. The summed E-state index contributed by atoms with van der Waals surface area (Å²) in [6.07, 6.45) is 10.1. The van der Waals surface area contributed by atoms with E-state index in [1.807, 2.05) is 49.3 Å². The van der Waals surface area contributed by atoms with Crippen LogP contribution in [0.3, 0.4) is 0 Å². The number of pyridine rings is 2. The molecule has 30 heavy (non-hydrogen) atoms. The van der Waals surface area contributed by atoms with Crippen molar-refractivity contribution in [3.05, 3.63) is 81.5 Å². The van der Waals surface area contributed by atoms with Crippen LogP contribution in [-0.2, 0) is 17.6 Å². The fraction of sp³-hybridized carbons (Fsp3) is 0.320. The Morgan fingerprint density at radius 1 is 1.03 bits per heavy atom. The summed E-state index contributed by atoms with van der Waals surface area (Å²) in [6.45, 7) is 1.95. The summed E-state index contributed by atoms with van der Waals surface area (Å²) in [5.74, 6) is 0.167. The summed E-state index contributed by atoms with van der Waals surface area (Å²) in [5, 5.41) is 0. The zero-order valence-electron chi connectivity index (χ0n) is 17.4. The van der Waals surface area contributed by atoms with Gasteiger partial charge in [-0.1, -0.05) is 6.07 Å². The largest absolute Gasteiger partial charge is 0.315 e. The summed E-state index contributed by atoms with van der Waals surface area (Å²) in [6, 6.07) is 10.1. The molecule has 2 aromatic heterocycles. The molecule has 0 N–H and O–H groups in total. The van der Waals surface area contributed by atoms with Gasteiger partial charge in [0.05, 0.1) is 6.04 Å². The lowest BCUT2D eigenvalue weighted by Crippen LogP contribution is -2.31. The number of rotatable bonds is 2. The lowest BCUT2D eigenvalue weighted by atomic mass is 9.84. The molecule has 5 rings (SSSR count). The van der Waals surface area contributed by atoms with E-state index in [-0.39, 0.29) is 17.5 Å².